The number of nitrogens with two attached hydrogens (primary N) is 1. The first-order valence-corrected chi connectivity index (χ1v) is 6.79. The summed E-state index contributed by atoms with van der Waals surface area (Å²) in [6, 6.07) is 12.0. The summed E-state index contributed by atoms with van der Waals surface area (Å²) in [6.07, 6.45) is 0. The average molecular weight is 296 g/mol. The van der Waals surface area contributed by atoms with Crippen LogP contribution in [-0.4, -0.2) is 16.8 Å². The summed E-state index contributed by atoms with van der Waals surface area (Å²) in [6.45, 7) is 1.89. The lowest BCUT2D eigenvalue weighted by molar-refractivity contribution is 0.0926. The van der Waals surface area contributed by atoms with Gasteiger partial charge in [0.25, 0.3) is 11.8 Å². The lowest BCUT2D eigenvalue weighted by Gasteiger charge is -2.14. The molecule has 104 valence electrons. The number of nitrogens with zero attached hydrogens (tertiary/aromatic N) is 1. The van der Waals surface area contributed by atoms with Crippen molar-refractivity contribution in [2.24, 2.45) is 5.73 Å². The Morgan fingerprint density at radius 2 is 1.62 bits per heavy atom. The Morgan fingerprint density at radius 1 is 1.00 bits per heavy atom. The van der Waals surface area contributed by atoms with Gasteiger partial charge in [-0.1, -0.05) is 23.8 Å². The fourth-order valence-corrected chi connectivity index (χ4v) is 2.50. The van der Waals surface area contributed by atoms with E-state index in [0.29, 0.717) is 22.4 Å². The first-order chi connectivity index (χ1) is 9.99. The molecule has 21 heavy (non-hydrogen) atoms. The van der Waals surface area contributed by atoms with Gasteiger partial charge in [0.2, 0.25) is 0 Å². The number of amides is 2. The normalized spacial score (nSPS) is 13.5. The van der Waals surface area contributed by atoms with Crippen LogP contribution in [0.4, 0.5) is 5.69 Å². The molecular weight excluding hydrogens is 284 g/mol. The number of aryl methyl sites for hydroxylation is 1. The first kappa shape index (κ1) is 13.5. The number of rotatable bonds is 2. The summed E-state index contributed by atoms with van der Waals surface area (Å²) in [5.74, 6) is -0.611. The Hall–Kier alpha value is -2.53. The van der Waals surface area contributed by atoms with E-state index in [1.165, 1.54) is 4.90 Å². The third kappa shape index (κ3) is 2.11. The number of fused-ring (bicyclic) bond motifs is 1. The van der Waals surface area contributed by atoms with Crippen LogP contribution in [0.15, 0.2) is 42.5 Å². The quantitative estimate of drug-likeness (QED) is 0.683. The molecule has 0 spiro atoms. The fourth-order valence-electron chi connectivity index (χ4n) is 2.36. The molecule has 2 aromatic rings. The van der Waals surface area contributed by atoms with Crippen LogP contribution in [0.5, 0.6) is 0 Å². The monoisotopic (exact) mass is 296 g/mol. The van der Waals surface area contributed by atoms with Gasteiger partial charge in [0.1, 0.15) is 4.99 Å². The van der Waals surface area contributed by atoms with E-state index in [9.17, 15) is 9.59 Å². The molecule has 0 aromatic heterocycles. The van der Waals surface area contributed by atoms with E-state index in [2.05, 4.69) is 0 Å². The first-order valence-electron chi connectivity index (χ1n) is 6.38. The predicted molar refractivity (Wildman–Crippen MR) is 84.6 cm³/mol. The molecule has 0 bridgehead atoms. The van der Waals surface area contributed by atoms with Gasteiger partial charge in [-0.2, -0.15) is 0 Å². The summed E-state index contributed by atoms with van der Waals surface area (Å²) in [5, 5.41) is 0. The lowest BCUT2D eigenvalue weighted by atomic mass is 10.1. The SMILES string of the molecule is Cc1ccc2c(c1)C(=O)N(c1ccc(C(N)=S)cc1)C2=O. The summed E-state index contributed by atoms with van der Waals surface area (Å²) in [5.41, 5.74) is 8.57. The number of thiocarbonyl (C=S) groups is 1. The van der Waals surface area contributed by atoms with Crippen molar-refractivity contribution in [1.82, 2.24) is 0 Å². The van der Waals surface area contributed by atoms with Gasteiger partial charge in [0.05, 0.1) is 16.8 Å². The number of hydrogen-bond donors (Lipinski definition) is 1. The zero-order chi connectivity index (χ0) is 15.1. The Balaban J connectivity index is 2.03. The summed E-state index contributed by atoms with van der Waals surface area (Å²) in [7, 11) is 0. The van der Waals surface area contributed by atoms with Crippen LogP contribution in [0.1, 0.15) is 31.8 Å². The van der Waals surface area contributed by atoms with Crippen LogP contribution in [0.2, 0.25) is 0 Å². The number of hydrogen-bond acceptors (Lipinski definition) is 3. The van der Waals surface area contributed by atoms with Crippen molar-refractivity contribution in [2.75, 3.05) is 4.90 Å². The molecule has 0 radical (unpaired) electrons. The number of carbonyl (C=O) groups excluding carboxylic acids is 2. The van der Waals surface area contributed by atoms with Gasteiger partial charge in [0.15, 0.2) is 0 Å². The van der Waals surface area contributed by atoms with Crippen molar-refractivity contribution in [3.8, 4) is 0 Å². The Kier molecular flexibility index (Phi) is 3.07. The van der Waals surface area contributed by atoms with Crippen molar-refractivity contribution < 1.29 is 9.59 Å². The third-order valence-electron chi connectivity index (χ3n) is 3.45. The van der Waals surface area contributed by atoms with Crippen molar-refractivity contribution in [1.29, 1.82) is 0 Å². The van der Waals surface area contributed by atoms with Gasteiger partial charge in [-0.15, -0.1) is 0 Å². The largest absolute Gasteiger partial charge is 0.389 e. The minimum Gasteiger partial charge on any atom is -0.389 e. The zero-order valence-corrected chi connectivity index (χ0v) is 12.1. The standard InChI is InChI=1S/C16H12N2O2S/c1-9-2-7-12-13(8-9)16(20)18(15(12)19)11-5-3-10(4-6-11)14(17)21/h2-8H,1H3,(H2,17,21). The Morgan fingerprint density at radius 3 is 2.24 bits per heavy atom. The molecule has 2 N–H and O–H groups in total. The van der Waals surface area contributed by atoms with Gasteiger partial charge in [0, 0.05) is 5.56 Å². The zero-order valence-electron chi connectivity index (χ0n) is 11.3. The van der Waals surface area contributed by atoms with E-state index < -0.39 is 0 Å². The van der Waals surface area contributed by atoms with Crippen LogP contribution in [0.25, 0.3) is 0 Å². The molecule has 0 fully saturated rings. The molecule has 2 amide bonds. The van der Waals surface area contributed by atoms with E-state index in [4.69, 9.17) is 18.0 Å². The summed E-state index contributed by atoms with van der Waals surface area (Å²) >= 11 is 4.89. The highest BCUT2D eigenvalue weighted by atomic mass is 32.1. The maximum atomic E-state index is 12.4. The summed E-state index contributed by atoms with van der Waals surface area (Å²) in [4.78, 5) is 26.3. The van der Waals surface area contributed by atoms with Crippen LogP contribution in [0.3, 0.4) is 0 Å². The second-order valence-corrected chi connectivity index (χ2v) is 5.35. The average Bonchev–Trinajstić information content (AvgIpc) is 2.70. The van der Waals surface area contributed by atoms with Gasteiger partial charge in [-0.25, -0.2) is 4.90 Å². The smallest absolute Gasteiger partial charge is 0.266 e. The molecule has 0 aliphatic carbocycles. The Bertz CT molecular complexity index is 781. The van der Waals surface area contributed by atoms with Crippen molar-refractivity contribution >= 4 is 34.7 Å². The number of benzene rings is 2. The molecule has 3 rings (SSSR count). The van der Waals surface area contributed by atoms with Crippen LogP contribution >= 0.6 is 12.2 Å². The number of anilines is 1. The van der Waals surface area contributed by atoms with Crippen LogP contribution < -0.4 is 10.6 Å². The van der Waals surface area contributed by atoms with Gasteiger partial charge in [-0.05, 0) is 43.3 Å². The van der Waals surface area contributed by atoms with Crippen molar-refractivity contribution in [3.63, 3.8) is 0 Å². The van der Waals surface area contributed by atoms with Gasteiger partial charge < -0.3 is 5.73 Å². The summed E-state index contributed by atoms with van der Waals surface area (Å²) < 4.78 is 0. The molecule has 1 heterocycles. The van der Waals surface area contributed by atoms with E-state index in [1.807, 2.05) is 13.0 Å². The van der Waals surface area contributed by atoms with Crippen LogP contribution in [0, 0.1) is 6.92 Å². The molecule has 0 unspecified atom stereocenters. The second-order valence-electron chi connectivity index (χ2n) is 4.91. The van der Waals surface area contributed by atoms with Crippen molar-refractivity contribution in [2.45, 2.75) is 6.92 Å². The second kappa shape index (κ2) is 4.79. The maximum absolute atomic E-state index is 12.4. The third-order valence-corrected chi connectivity index (χ3v) is 3.69. The topological polar surface area (TPSA) is 63.4 Å². The van der Waals surface area contributed by atoms with E-state index in [0.717, 1.165) is 5.56 Å². The minimum atomic E-state index is -0.307. The Labute approximate surface area is 127 Å². The fraction of sp³-hybridized carbons (Fsp3) is 0.0625. The number of carbonyl (C=O) groups is 2. The van der Waals surface area contributed by atoms with E-state index in [-0.39, 0.29) is 16.8 Å². The minimum absolute atomic E-state index is 0.277. The highest BCUT2D eigenvalue weighted by Gasteiger charge is 2.36. The molecule has 2 aromatic carbocycles. The maximum Gasteiger partial charge on any atom is 0.266 e. The van der Waals surface area contributed by atoms with E-state index >= 15 is 0 Å². The van der Waals surface area contributed by atoms with Gasteiger partial charge >= 0.3 is 0 Å². The molecule has 1 aliphatic heterocycles. The highest BCUT2D eigenvalue weighted by Crippen LogP contribution is 2.29. The molecule has 0 atom stereocenters. The molecule has 4 nitrogen and oxygen atoms in total. The molecule has 1 aliphatic rings. The van der Waals surface area contributed by atoms with Crippen LogP contribution in [-0.2, 0) is 0 Å². The van der Waals surface area contributed by atoms with Gasteiger partial charge in [-0.3, -0.25) is 9.59 Å². The highest BCUT2D eigenvalue weighted by molar-refractivity contribution is 7.80. The number of imide groups is 1. The lowest BCUT2D eigenvalue weighted by Crippen LogP contribution is -2.29. The molecule has 0 saturated heterocycles. The molecule has 0 saturated carbocycles. The molecule has 5 heteroatoms. The van der Waals surface area contributed by atoms with E-state index in [1.54, 1.807) is 36.4 Å². The predicted octanol–water partition coefficient (Wildman–Crippen LogP) is 2.43. The molecular formula is C16H12N2O2S. The van der Waals surface area contributed by atoms with Crippen molar-refractivity contribution in [3.05, 3.63) is 64.7 Å².